The first-order chi connectivity index (χ1) is 8.13. The van der Waals surface area contributed by atoms with Gasteiger partial charge in [-0.1, -0.05) is 31.2 Å². The molecule has 2 rings (SSSR count). The molecular formula is C13H16BrN3. The van der Waals surface area contributed by atoms with Gasteiger partial charge in [-0.25, -0.2) is 4.68 Å². The van der Waals surface area contributed by atoms with Crippen molar-refractivity contribution < 1.29 is 0 Å². The number of nitrogens with zero attached hydrogens (tertiary/aromatic N) is 2. The Morgan fingerprint density at radius 1 is 1.35 bits per heavy atom. The summed E-state index contributed by atoms with van der Waals surface area (Å²) in [5, 5.41) is 4.28. The molecule has 2 N–H and O–H groups in total. The van der Waals surface area contributed by atoms with E-state index < -0.39 is 0 Å². The highest BCUT2D eigenvalue weighted by atomic mass is 79.9. The normalized spacial score (nSPS) is 12.6. The predicted octanol–water partition coefficient (Wildman–Crippen LogP) is 3.40. The number of halogens is 1. The fourth-order valence-corrected chi connectivity index (χ4v) is 2.11. The molecule has 1 aromatic heterocycles. The number of aromatic nitrogens is 2. The Hall–Kier alpha value is -1.29. The first kappa shape index (κ1) is 12.2. The Balaban J connectivity index is 2.30. The second kappa shape index (κ2) is 4.92. The third-order valence-corrected chi connectivity index (χ3v) is 3.64. The number of hydrogen-bond donors (Lipinski definition) is 1. The lowest BCUT2D eigenvalue weighted by molar-refractivity contribution is 0.573. The summed E-state index contributed by atoms with van der Waals surface area (Å²) in [6, 6.07) is 8.73. The number of hydrogen-bond acceptors (Lipinski definition) is 2. The molecule has 1 heterocycles. The molecule has 90 valence electrons. The van der Waals surface area contributed by atoms with Crippen molar-refractivity contribution in [2.24, 2.45) is 0 Å². The average molecular weight is 294 g/mol. The molecule has 1 aromatic carbocycles. The van der Waals surface area contributed by atoms with Crippen molar-refractivity contribution >= 4 is 21.7 Å². The monoisotopic (exact) mass is 293 g/mol. The predicted molar refractivity (Wildman–Crippen MR) is 74.0 cm³/mol. The van der Waals surface area contributed by atoms with Crippen LogP contribution in [0.25, 0.3) is 0 Å². The van der Waals surface area contributed by atoms with Crippen LogP contribution in [0, 0.1) is 0 Å². The number of aryl methyl sites for hydroxylation is 1. The van der Waals surface area contributed by atoms with Crippen molar-refractivity contribution in [3.63, 3.8) is 0 Å². The Bertz CT molecular complexity index is 502. The topological polar surface area (TPSA) is 43.8 Å². The molecule has 0 aliphatic rings. The highest BCUT2D eigenvalue weighted by molar-refractivity contribution is 9.10. The first-order valence-corrected chi connectivity index (χ1v) is 6.50. The number of anilines is 1. The maximum atomic E-state index is 5.95. The summed E-state index contributed by atoms with van der Waals surface area (Å²) in [6.07, 6.45) is 2.79. The van der Waals surface area contributed by atoms with Gasteiger partial charge in [0.2, 0.25) is 0 Å². The van der Waals surface area contributed by atoms with E-state index in [0.29, 0.717) is 5.82 Å². The molecule has 3 nitrogen and oxygen atoms in total. The standard InChI is InChI=1S/C13H16BrN3/c1-3-10-4-6-11(7-5-10)9(2)17-13(15)12(14)8-16-17/h4-9H,3,15H2,1-2H3. The molecule has 0 radical (unpaired) electrons. The SMILES string of the molecule is CCc1ccc(C(C)n2ncc(Br)c2N)cc1. The number of nitrogens with two attached hydrogens (primary N) is 1. The summed E-state index contributed by atoms with van der Waals surface area (Å²) in [4.78, 5) is 0. The van der Waals surface area contributed by atoms with E-state index in [4.69, 9.17) is 5.73 Å². The van der Waals surface area contributed by atoms with Crippen LogP contribution in [0.3, 0.4) is 0 Å². The summed E-state index contributed by atoms with van der Waals surface area (Å²) in [5.41, 5.74) is 8.51. The van der Waals surface area contributed by atoms with Crippen molar-refractivity contribution in [3.8, 4) is 0 Å². The third kappa shape index (κ3) is 2.36. The van der Waals surface area contributed by atoms with Crippen LogP contribution in [0.5, 0.6) is 0 Å². The molecule has 0 spiro atoms. The largest absolute Gasteiger partial charge is 0.383 e. The maximum Gasteiger partial charge on any atom is 0.136 e. The minimum atomic E-state index is 0.146. The van der Waals surface area contributed by atoms with E-state index in [-0.39, 0.29) is 6.04 Å². The Morgan fingerprint density at radius 2 is 2.00 bits per heavy atom. The van der Waals surface area contributed by atoms with Gasteiger partial charge in [0.25, 0.3) is 0 Å². The molecule has 4 heteroatoms. The van der Waals surface area contributed by atoms with Crippen molar-refractivity contribution in [2.75, 3.05) is 5.73 Å². The van der Waals surface area contributed by atoms with Crippen molar-refractivity contribution in [3.05, 3.63) is 46.1 Å². The molecule has 0 aliphatic carbocycles. The zero-order chi connectivity index (χ0) is 12.4. The minimum absolute atomic E-state index is 0.146. The minimum Gasteiger partial charge on any atom is -0.383 e. The van der Waals surface area contributed by atoms with Crippen LogP contribution in [0.2, 0.25) is 0 Å². The zero-order valence-corrected chi connectivity index (χ0v) is 11.6. The van der Waals surface area contributed by atoms with Gasteiger partial charge in [0, 0.05) is 0 Å². The molecule has 0 aliphatic heterocycles. The molecule has 0 saturated carbocycles. The number of benzene rings is 1. The molecule has 1 atom stereocenters. The molecular weight excluding hydrogens is 278 g/mol. The summed E-state index contributed by atoms with van der Waals surface area (Å²) in [6.45, 7) is 4.25. The number of rotatable bonds is 3. The van der Waals surface area contributed by atoms with E-state index in [1.165, 1.54) is 11.1 Å². The smallest absolute Gasteiger partial charge is 0.136 e. The lowest BCUT2D eigenvalue weighted by atomic mass is 10.1. The molecule has 1 unspecified atom stereocenters. The molecule has 17 heavy (non-hydrogen) atoms. The summed E-state index contributed by atoms with van der Waals surface area (Å²) < 4.78 is 2.67. The van der Waals surface area contributed by atoms with Gasteiger partial charge in [-0.05, 0) is 40.4 Å². The van der Waals surface area contributed by atoms with Gasteiger partial charge in [-0.3, -0.25) is 0 Å². The summed E-state index contributed by atoms with van der Waals surface area (Å²) >= 11 is 3.37. The molecule has 0 bridgehead atoms. The van der Waals surface area contributed by atoms with E-state index in [0.717, 1.165) is 10.9 Å². The van der Waals surface area contributed by atoms with Gasteiger partial charge < -0.3 is 5.73 Å². The van der Waals surface area contributed by atoms with Crippen LogP contribution in [0.1, 0.15) is 31.0 Å². The third-order valence-electron chi connectivity index (χ3n) is 3.02. The van der Waals surface area contributed by atoms with Crippen molar-refractivity contribution in [1.82, 2.24) is 9.78 Å². The molecule has 0 fully saturated rings. The second-order valence-corrected chi connectivity index (χ2v) is 4.95. The van der Waals surface area contributed by atoms with E-state index in [9.17, 15) is 0 Å². The highest BCUT2D eigenvalue weighted by Gasteiger charge is 2.13. The summed E-state index contributed by atoms with van der Waals surface area (Å²) in [7, 11) is 0. The van der Waals surface area contributed by atoms with Crippen LogP contribution in [0.4, 0.5) is 5.82 Å². The Kier molecular flexibility index (Phi) is 3.52. The maximum absolute atomic E-state index is 5.95. The fraction of sp³-hybridized carbons (Fsp3) is 0.308. The zero-order valence-electron chi connectivity index (χ0n) is 10.0. The van der Waals surface area contributed by atoms with E-state index in [1.807, 2.05) is 4.68 Å². The van der Waals surface area contributed by atoms with Crippen LogP contribution in [-0.4, -0.2) is 9.78 Å². The van der Waals surface area contributed by atoms with E-state index in [2.05, 4.69) is 59.1 Å². The highest BCUT2D eigenvalue weighted by Crippen LogP contribution is 2.25. The van der Waals surface area contributed by atoms with E-state index in [1.54, 1.807) is 6.20 Å². The average Bonchev–Trinajstić information content (AvgIpc) is 2.69. The van der Waals surface area contributed by atoms with Crippen LogP contribution < -0.4 is 5.73 Å². The molecule has 0 amide bonds. The first-order valence-electron chi connectivity index (χ1n) is 5.70. The Labute approximate surface area is 110 Å². The number of nitrogen functional groups attached to an aromatic ring is 1. The molecule has 2 aromatic rings. The van der Waals surface area contributed by atoms with Gasteiger partial charge >= 0.3 is 0 Å². The van der Waals surface area contributed by atoms with Crippen LogP contribution in [-0.2, 0) is 6.42 Å². The van der Waals surface area contributed by atoms with Crippen molar-refractivity contribution in [1.29, 1.82) is 0 Å². The molecule has 0 saturated heterocycles. The van der Waals surface area contributed by atoms with E-state index >= 15 is 0 Å². The van der Waals surface area contributed by atoms with Gasteiger partial charge in [0.15, 0.2) is 0 Å². The quantitative estimate of drug-likeness (QED) is 0.943. The van der Waals surface area contributed by atoms with Crippen molar-refractivity contribution in [2.45, 2.75) is 26.3 Å². The van der Waals surface area contributed by atoms with Gasteiger partial charge in [0.05, 0.1) is 16.7 Å². The lowest BCUT2D eigenvalue weighted by Gasteiger charge is -2.14. The van der Waals surface area contributed by atoms with Crippen LogP contribution >= 0.6 is 15.9 Å². The lowest BCUT2D eigenvalue weighted by Crippen LogP contribution is -2.11. The summed E-state index contributed by atoms with van der Waals surface area (Å²) in [5.74, 6) is 0.664. The Morgan fingerprint density at radius 3 is 2.47 bits per heavy atom. The van der Waals surface area contributed by atoms with Crippen LogP contribution in [0.15, 0.2) is 34.9 Å². The van der Waals surface area contributed by atoms with Gasteiger partial charge in [0.1, 0.15) is 5.82 Å². The van der Waals surface area contributed by atoms with Gasteiger partial charge in [-0.15, -0.1) is 0 Å². The van der Waals surface area contributed by atoms with Gasteiger partial charge in [-0.2, -0.15) is 5.10 Å². The fourth-order valence-electron chi connectivity index (χ4n) is 1.83. The second-order valence-electron chi connectivity index (χ2n) is 4.09.